The Kier molecular flexibility index (Phi) is 8.21. The van der Waals surface area contributed by atoms with Crippen molar-refractivity contribution in [3.05, 3.63) is 208 Å². The zero-order valence-electron chi connectivity index (χ0n) is 32.1. The van der Waals surface area contributed by atoms with E-state index in [1.54, 1.807) is 0 Å². The van der Waals surface area contributed by atoms with Gasteiger partial charge in [0.25, 0.3) is 0 Å². The summed E-state index contributed by atoms with van der Waals surface area (Å²) in [6.45, 7) is 6.97. The highest BCUT2D eigenvalue weighted by Gasteiger charge is 2.36. The first-order valence-electron chi connectivity index (χ1n) is 20.1. The molecule has 0 heterocycles. The van der Waals surface area contributed by atoms with Crippen molar-refractivity contribution in [2.75, 3.05) is 4.90 Å². The van der Waals surface area contributed by atoms with Crippen molar-refractivity contribution in [1.29, 1.82) is 0 Å². The van der Waals surface area contributed by atoms with Crippen LogP contribution >= 0.6 is 0 Å². The third-order valence-corrected chi connectivity index (χ3v) is 12.7. The van der Waals surface area contributed by atoms with E-state index < -0.39 is 0 Å². The normalized spacial score (nSPS) is 17.2. The van der Waals surface area contributed by atoms with Gasteiger partial charge in [0.05, 0.1) is 0 Å². The van der Waals surface area contributed by atoms with Gasteiger partial charge in [0.1, 0.15) is 0 Å². The molecular weight excluding hydrogens is 663 g/mol. The van der Waals surface area contributed by atoms with Gasteiger partial charge in [-0.2, -0.15) is 0 Å². The lowest BCUT2D eigenvalue weighted by atomic mass is 9.82. The number of fused-ring (bicyclic) bond motifs is 9. The van der Waals surface area contributed by atoms with Gasteiger partial charge in [0.15, 0.2) is 0 Å². The minimum atomic E-state index is -0.0696. The fourth-order valence-electron chi connectivity index (χ4n) is 9.79. The zero-order chi connectivity index (χ0) is 37.1. The molecule has 6 aromatic rings. The minimum Gasteiger partial charge on any atom is -0.314 e. The zero-order valence-corrected chi connectivity index (χ0v) is 32.1. The summed E-state index contributed by atoms with van der Waals surface area (Å²) in [5.74, 6) is 0.550. The summed E-state index contributed by atoms with van der Waals surface area (Å²) in [5, 5.41) is 0. The highest BCUT2D eigenvalue weighted by molar-refractivity contribution is 5.88. The topological polar surface area (TPSA) is 3.24 Å². The highest BCUT2D eigenvalue weighted by Crippen LogP contribution is 2.51. The van der Waals surface area contributed by atoms with Crippen LogP contribution < -0.4 is 4.90 Å². The summed E-state index contributed by atoms with van der Waals surface area (Å²) < 4.78 is 0. The lowest BCUT2D eigenvalue weighted by molar-refractivity contribution is 0.654. The summed E-state index contributed by atoms with van der Waals surface area (Å²) in [4.78, 5) is 2.45. The Morgan fingerprint density at radius 3 is 2.11 bits per heavy atom. The lowest BCUT2D eigenvalue weighted by Crippen LogP contribution is -2.18. The Hall–Kier alpha value is -5.92. The van der Waals surface area contributed by atoms with Crippen LogP contribution in [0.4, 0.5) is 11.4 Å². The van der Waals surface area contributed by atoms with Crippen LogP contribution in [0.25, 0.3) is 39.5 Å². The molecule has 1 nitrogen and oxygen atoms in total. The van der Waals surface area contributed by atoms with E-state index in [-0.39, 0.29) is 5.41 Å². The second-order valence-electron chi connectivity index (χ2n) is 16.4. The first-order chi connectivity index (χ1) is 26.9. The standard InChI is InChI=1S/C54H47N/c1-36(15-7-4-8-16-37-17-9-5-10-18-37)55(45-26-28-48-47-21-13-14-22-52(47)54(2,3)53(48)35-45)44-25-27-46-41(31-44)30-43-34-51-42(33-50(43)46)29-40-24-23-39(32-49(40)51)38-19-11-6-12-20-38/h4-5,7-11,13-19,21-28,31-35,38H,6,12,20,29-30H2,1-3H3/b7-4-,16-8+,36-15+. The van der Waals surface area contributed by atoms with E-state index >= 15 is 0 Å². The average Bonchev–Trinajstić information content (AvgIpc) is 3.83. The van der Waals surface area contributed by atoms with E-state index in [0.29, 0.717) is 5.92 Å². The minimum absolute atomic E-state index is 0.0696. The summed E-state index contributed by atoms with van der Waals surface area (Å²) in [5.41, 5.74) is 23.1. The van der Waals surface area contributed by atoms with E-state index in [2.05, 4.69) is 190 Å². The van der Waals surface area contributed by atoms with E-state index in [1.165, 1.54) is 114 Å². The maximum atomic E-state index is 2.52. The molecule has 6 aromatic carbocycles. The molecule has 55 heavy (non-hydrogen) atoms. The Balaban J connectivity index is 1.00. The van der Waals surface area contributed by atoms with Crippen LogP contribution in [-0.2, 0) is 18.3 Å². The van der Waals surface area contributed by atoms with Crippen molar-refractivity contribution >= 4 is 17.5 Å². The molecule has 268 valence electrons. The van der Waals surface area contributed by atoms with Gasteiger partial charge < -0.3 is 4.90 Å². The molecule has 1 atom stereocenters. The van der Waals surface area contributed by atoms with E-state index in [4.69, 9.17) is 0 Å². The monoisotopic (exact) mass is 709 g/mol. The molecule has 0 fully saturated rings. The molecule has 0 radical (unpaired) electrons. The molecular formula is C54H47N. The van der Waals surface area contributed by atoms with Gasteiger partial charge in [-0.3, -0.25) is 0 Å². The summed E-state index contributed by atoms with van der Waals surface area (Å²) in [7, 11) is 0. The largest absolute Gasteiger partial charge is 0.314 e. The summed E-state index contributed by atoms with van der Waals surface area (Å²) in [6, 6.07) is 46.0. The average molecular weight is 710 g/mol. The van der Waals surface area contributed by atoms with Gasteiger partial charge >= 0.3 is 0 Å². The Morgan fingerprint density at radius 1 is 0.600 bits per heavy atom. The quantitative estimate of drug-likeness (QED) is 0.118. The third-order valence-electron chi connectivity index (χ3n) is 12.7. The van der Waals surface area contributed by atoms with E-state index in [1.807, 2.05) is 0 Å². The van der Waals surface area contributed by atoms with Crippen LogP contribution in [0.15, 0.2) is 163 Å². The first kappa shape index (κ1) is 33.6. The molecule has 4 aliphatic carbocycles. The van der Waals surface area contributed by atoms with Gasteiger partial charge in [-0.25, -0.2) is 0 Å². The van der Waals surface area contributed by atoms with Crippen LogP contribution in [0.5, 0.6) is 0 Å². The number of benzene rings is 6. The number of rotatable bonds is 7. The van der Waals surface area contributed by atoms with Gasteiger partial charge in [0, 0.05) is 28.4 Å². The van der Waals surface area contributed by atoms with E-state index in [9.17, 15) is 0 Å². The van der Waals surface area contributed by atoms with Gasteiger partial charge in [-0.05, 0) is 159 Å². The van der Waals surface area contributed by atoms with Crippen molar-refractivity contribution in [1.82, 2.24) is 0 Å². The molecule has 0 amide bonds. The Bertz CT molecular complexity index is 2610. The van der Waals surface area contributed by atoms with Crippen LogP contribution in [0, 0.1) is 0 Å². The number of anilines is 2. The number of allylic oxidation sites excluding steroid dienone is 7. The molecule has 1 unspecified atom stereocenters. The smallest absolute Gasteiger partial charge is 0.0461 e. The van der Waals surface area contributed by atoms with Crippen molar-refractivity contribution in [3.63, 3.8) is 0 Å². The van der Waals surface area contributed by atoms with Gasteiger partial charge in [-0.1, -0.05) is 135 Å². The SMILES string of the molecule is C\C(=C/C=C\C=C\c1ccccc1)N(c1ccc2c(c1)Cc1cc3c(cc1-2)Cc1ccc(C2C=CCCC2)cc1-3)c1ccc2c(c1)C(C)(C)c1ccccc1-2. The molecule has 0 saturated heterocycles. The Labute approximate surface area is 326 Å². The van der Waals surface area contributed by atoms with Crippen LogP contribution in [0.3, 0.4) is 0 Å². The fraction of sp³-hybridized carbons (Fsp3) is 0.185. The number of nitrogens with zero attached hydrogens (tertiary/aromatic N) is 1. The molecule has 0 saturated carbocycles. The molecule has 0 spiro atoms. The van der Waals surface area contributed by atoms with Crippen LogP contribution in [-0.4, -0.2) is 0 Å². The summed E-state index contributed by atoms with van der Waals surface area (Å²) >= 11 is 0. The van der Waals surface area contributed by atoms with E-state index in [0.717, 1.165) is 12.8 Å². The maximum Gasteiger partial charge on any atom is 0.0461 e. The predicted molar refractivity (Wildman–Crippen MR) is 233 cm³/mol. The molecule has 1 heteroatoms. The molecule has 0 aromatic heterocycles. The van der Waals surface area contributed by atoms with Gasteiger partial charge in [-0.15, -0.1) is 0 Å². The lowest BCUT2D eigenvalue weighted by Gasteiger charge is -2.29. The Morgan fingerprint density at radius 2 is 1.29 bits per heavy atom. The van der Waals surface area contributed by atoms with Gasteiger partial charge in [0.2, 0.25) is 0 Å². The molecule has 4 aliphatic rings. The van der Waals surface area contributed by atoms with Crippen molar-refractivity contribution in [3.8, 4) is 33.4 Å². The van der Waals surface area contributed by atoms with Crippen LogP contribution in [0.1, 0.15) is 90.5 Å². The van der Waals surface area contributed by atoms with Crippen molar-refractivity contribution < 1.29 is 0 Å². The highest BCUT2D eigenvalue weighted by atomic mass is 15.1. The van der Waals surface area contributed by atoms with Crippen LogP contribution in [0.2, 0.25) is 0 Å². The predicted octanol–water partition coefficient (Wildman–Crippen LogP) is 14.3. The van der Waals surface area contributed by atoms with Crippen molar-refractivity contribution in [2.24, 2.45) is 0 Å². The summed E-state index contributed by atoms with van der Waals surface area (Å²) in [6.07, 6.45) is 21.3. The third kappa shape index (κ3) is 5.85. The number of hydrogen-bond acceptors (Lipinski definition) is 1. The fourth-order valence-corrected chi connectivity index (χ4v) is 9.79. The van der Waals surface area contributed by atoms with Crippen molar-refractivity contribution in [2.45, 2.75) is 64.2 Å². The first-order valence-corrected chi connectivity index (χ1v) is 20.1. The molecule has 10 rings (SSSR count). The number of hydrogen-bond donors (Lipinski definition) is 0. The molecule has 0 bridgehead atoms. The molecule has 0 N–H and O–H groups in total. The second-order valence-corrected chi connectivity index (χ2v) is 16.4. The molecule has 0 aliphatic heterocycles. The maximum absolute atomic E-state index is 2.52. The second kappa shape index (κ2) is 13.4.